The molecular weight excluding hydrogens is 1370 g/mol. The fourth-order valence-electron chi connectivity index (χ4n) is 14.7. The molecule has 0 saturated carbocycles. The molecule has 1 aliphatic heterocycles. The summed E-state index contributed by atoms with van der Waals surface area (Å²) in [5, 5.41) is 28.8. The molecule has 546 valence electrons. The van der Waals surface area contributed by atoms with E-state index in [2.05, 4.69) is 136 Å². The van der Waals surface area contributed by atoms with E-state index >= 15 is 0 Å². The number of fused-ring (bicyclic) bond motifs is 7. The molecule has 0 radical (unpaired) electrons. The molecule has 0 spiro atoms. The minimum Gasteiger partial charge on any atom is -0.481 e. The first-order chi connectivity index (χ1) is 48.5. The van der Waals surface area contributed by atoms with E-state index in [0.717, 1.165) is 103 Å². The van der Waals surface area contributed by atoms with E-state index in [1.54, 1.807) is 0 Å². The molecule has 2 aliphatic carbocycles. The molecule has 10 rings (SSSR count). The Morgan fingerprint density at radius 1 is 0.796 bits per heavy atom. The molecular formula is C75H84F3N9O14S2. The molecule has 3 heterocycles. The van der Waals surface area contributed by atoms with Crippen LogP contribution in [0.3, 0.4) is 0 Å². The van der Waals surface area contributed by atoms with Crippen LogP contribution in [0.1, 0.15) is 157 Å². The van der Waals surface area contributed by atoms with Crippen molar-refractivity contribution in [3.63, 3.8) is 0 Å². The number of amides is 2. The number of rotatable bonds is 29. The van der Waals surface area contributed by atoms with Crippen molar-refractivity contribution in [1.29, 1.82) is 0 Å². The molecule has 28 heteroatoms. The SMILES string of the molecule is CC(CCC1/C(=C/C=C2\CCCC(/C=C/C3N(CCC(C)S(=O)(=O)O)c4ccc5ccccc5c4C3(C)C)=C2NCCCC[C@H](CC(=O)CC[C@H](NC(=O)c2ccc(N(Cc3cnc4nc(N)[nH]c(=O)c4n3)C(=O)C(F)(F)F)cc2)C(=O)O)C(=O)O)C(C)(C)c2c1ccc1ccccc21)S(=O)(=O)O. The molecule has 103 heavy (non-hydrogen) atoms. The number of carbonyl (C=O) groups excluding carboxylic acids is 3. The number of aromatic nitrogens is 4. The van der Waals surface area contributed by atoms with Crippen LogP contribution in [0.25, 0.3) is 32.7 Å². The summed E-state index contributed by atoms with van der Waals surface area (Å²) >= 11 is 0. The van der Waals surface area contributed by atoms with Gasteiger partial charge >= 0.3 is 24.0 Å². The molecule has 4 unspecified atom stereocenters. The first kappa shape index (κ1) is 76.0. The number of alkyl halides is 3. The first-order valence-electron chi connectivity index (χ1n) is 34.1. The summed E-state index contributed by atoms with van der Waals surface area (Å²) in [5.74, 6) is -8.30. The number of hydrogen-bond donors (Lipinski definition) is 8. The van der Waals surface area contributed by atoms with Crippen LogP contribution in [-0.4, -0.2) is 127 Å². The van der Waals surface area contributed by atoms with Crippen molar-refractivity contribution in [2.45, 2.75) is 171 Å². The summed E-state index contributed by atoms with van der Waals surface area (Å²) < 4.78 is 111. The Labute approximate surface area is 594 Å². The van der Waals surface area contributed by atoms with Gasteiger partial charge < -0.3 is 31.5 Å². The maximum absolute atomic E-state index is 13.9. The molecule has 6 atom stereocenters. The molecule has 3 aliphatic rings. The summed E-state index contributed by atoms with van der Waals surface area (Å²) in [6.45, 7) is 11.5. The van der Waals surface area contributed by atoms with Gasteiger partial charge in [0.15, 0.2) is 11.2 Å². The number of nitrogens with zero attached hydrogens (tertiary/aromatic N) is 5. The fraction of sp³-hybridized carbons (Fsp3) is 0.400. The highest BCUT2D eigenvalue weighted by molar-refractivity contribution is 7.86. The number of benzene rings is 5. The van der Waals surface area contributed by atoms with Crippen molar-refractivity contribution in [1.82, 2.24) is 30.6 Å². The van der Waals surface area contributed by atoms with Crippen molar-refractivity contribution in [2.24, 2.45) is 5.92 Å². The number of nitrogens with one attached hydrogen (secondary N) is 3. The number of carbonyl (C=O) groups is 5. The van der Waals surface area contributed by atoms with Gasteiger partial charge in [-0.1, -0.05) is 131 Å². The lowest BCUT2D eigenvalue weighted by Gasteiger charge is -2.33. The zero-order valence-corrected chi connectivity index (χ0v) is 59.5. The van der Waals surface area contributed by atoms with Gasteiger partial charge in [-0.2, -0.15) is 35.0 Å². The summed E-state index contributed by atoms with van der Waals surface area (Å²) in [5.41, 5.74) is 10.5. The number of Topliss-reactive ketones (excluding diaryl/α,β-unsaturated/α-hetero) is 1. The van der Waals surface area contributed by atoms with E-state index in [9.17, 15) is 78.1 Å². The zero-order chi connectivity index (χ0) is 74.7. The Morgan fingerprint density at radius 2 is 1.45 bits per heavy atom. The van der Waals surface area contributed by atoms with Gasteiger partial charge in [0.1, 0.15) is 11.8 Å². The van der Waals surface area contributed by atoms with Crippen LogP contribution in [0.5, 0.6) is 0 Å². The zero-order valence-electron chi connectivity index (χ0n) is 57.8. The number of allylic oxidation sites excluding steroid dienone is 6. The van der Waals surface area contributed by atoms with Gasteiger partial charge in [0.05, 0.1) is 40.9 Å². The third-order valence-corrected chi connectivity index (χ3v) is 22.8. The number of nitrogens with two attached hydrogens (primary N) is 1. The fourth-order valence-corrected chi connectivity index (χ4v) is 15.5. The monoisotopic (exact) mass is 1460 g/mol. The minimum absolute atomic E-state index is 0.0763. The molecule has 0 bridgehead atoms. The van der Waals surface area contributed by atoms with Crippen LogP contribution in [0, 0.1) is 5.92 Å². The van der Waals surface area contributed by atoms with Gasteiger partial charge in [-0.05, 0) is 151 Å². The molecule has 9 N–H and O–H groups in total. The summed E-state index contributed by atoms with van der Waals surface area (Å²) in [4.78, 5) is 93.8. The molecule has 0 fully saturated rings. The van der Waals surface area contributed by atoms with E-state index in [1.807, 2.05) is 24.3 Å². The highest BCUT2D eigenvalue weighted by Crippen LogP contribution is 2.55. The molecule has 7 aromatic rings. The maximum Gasteiger partial charge on any atom is 0.471 e. The van der Waals surface area contributed by atoms with Gasteiger partial charge in [-0.25, -0.2) is 14.8 Å². The second kappa shape index (κ2) is 30.7. The Balaban J connectivity index is 0.857. The number of anilines is 3. The third kappa shape index (κ3) is 17.0. The molecule has 23 nitrogen and oxygen atoms in total. The highest BCUT2D eigenvalue weighted by Gasteiger charge is 2.47. The lowest BCUT2D eigenvalue weighted by molar-refractivity contribution is -0.170. The van der Waals surface area contributed by atoms with Crippen molar-refractivity contribution >= 4 is 99.8 Å². The number of carboxylic acids is 2. The van der Waals surface area contributed by atoms with Gasteiger partial charge in [0.2, 0.25) is 5.95 Å². The Bertz CT molecular complexity index is 4900. The predicted octanol–water partition coefficient (Wildman–Crippen LogP) is 11.9. The van der Waals surface area contributed by atoms with Crippen molar-refractivity contribution in [2.75, 3.05) is 28.6 Å². The van der Waals surface area contributed by atoms with Crippen LogP contribution < -0.4 is 31.7 Å². The maximum atomic E-state index is 13.9. The number of hydrogen-bond acceptors (Lipinski definition) is 16. The lowest BCUT2D eigenvalue weighted by atomic mass is 9.77. The highest BCUT2D eigenvalue weighted by atomic mass is 32.2. The second-order valence-corrected chi connectivity index (χ2v) is 31.6. The molecule has 5 aromatic carbocycles. The van der Waals surface area contributed by atoms with Gasteiger partial charge in [-0.15, -0.1) is 0 Å². The Kier molecular flexibility index (Phi) is 22.7. The van der Waals surface area contributed by atoms with Crippen LogP contribution in [-0.2, 0) is 56.8 Å². The van der Waals surface area contributed by atoms with Gasteiger partial charge in [0, 0.05) is 65.3 Å². The number of halogens is 3. The number of nitrogen functional groups attached to an aromatic ring is 1. The van der Waals surface area contributed by atoms with Gasteiger partial charge in [0.25, 0.3) is 31.7 Å². The van der Waals surface area contributed by atoms with Crippen LogP contribution >= 0.6 is 0 Å². The van der Waals surface area contributed by atoms with E-state index in [-0.39, 0.29) is 70.2 Å². The standard InChI is InChI=1S/C75H84F3N9O14S2/c1-43(102(96,97)98)21-31-56-57-32-24-45-14-7-9-19-54(45)62(57)73(3,4)58(56)33-25-47-17-13-18-48(27-36-61-74(5,6)63-55-20-10-8-15-46(55)26-35-60(63)86(61)39-37-44(2)103(99,100)101)64(47)80-38-12-11-16-50(69(91)92)40-53(88)30-34-59(70(93)94)83-67(89)49-22-28-52(29-23-49)87(71(95)75(76,77)78)42-51-41-81-66-65(82-51)68(90)85-72(79)84-66/h7-10,14-15,19-20,22-29,32-33,35-36,41,43-44,50,56,59,61,80H,11-13,16-18,21,30-31,34,37-40,42H2,1-6H3,(H,83,89)(H,91,92)(H,93,94)(H,96,97,98)(H,99,100,101)(H3,79,81,84,85,90)/b36-27+,47-25+,58-33-/t43?,44?,50-,56?,59+,61?/m1/s1. The van der Waals surface area contributed by atoms with Crippen molar-refractivity contribution in [3.05, 3.63) is 188 Å². The number of aliphatic carboxylic acids is 2. The summed E-state index contributed by atoms with van der Waals surface area (Å²) in [6, 6.07) is 26.7. The Morgan fingerprint density at radius 3 is 2.10 bits per heavy atom. The summed E-state index contributed by atoms with van der Waals surface area (Å²) in [7, 11) is -8.65. The van der Waals surface area contributed by atoms with Crippen LogP contribution in [0.2, 0.25) is 0 Å². The smallest absolute Gasteiger partial charge is 0.471 e. The summed E-state index contributed by atoms with van der Waals surface area (Å²) in [6.07, 6.45) is 6.66. The van der Waals surface area contributed by atoms with E-state index in [4.69, 9.17) is 5.73 Å². The lowest BCUT2D eigenvalue weighted by Crippen LogP contribution is -2.41. The normalized spacial score (nSPS) is 18.7. The number of carboxylic acid groups (broad SMARTS) is 2. The van der Waals surface area contributed by atoms with Crippen molar-refractivity contribution in [3.8, 4) is 0 Å². The first-order valence-corrected chi connectivity index (χ1v) is 37.1. The minimum atomic E-state index is -5.39. The topological polar surface area (TPSA) is 363 Å². The largest absolute Gasteiger partial charge is 0.481 e. The number of unbranched alkanes of at least 4 members (excludes halogenated alkanes) is 1. The van der Waals surface area contributed by atoms with E-state index in [0.29, 0.717) is 45.2 Å². The van der Waals surface area contributed by atoms with Crippen LogP contribution in [0.4, 0.5) is 30.5 Å². The predicted molar refractivity (Wildman–Crippen MR) is 387 cm³/mol. The quantitative estimate of drug-likeness (QED) is 0.0159. The van der Waals surface area contributed by atoms with Gasteiger partial charge in [-0.3, -0.25) is 43.0 Å². The molecule has 2 amide bonds. The number of H-pyrrole nitrogens is 1. The third-order valence-electron chi connectivity index (χ3n) is 20.3. The average Bonchev–Trinajstić information content (AvgIpc) is 1.58. The second-order valence-electron chi connectivity index (χ2n) is 27.9. The molecule has 2 aromatic heterocycles. The van der Waals surface area contributed by atoms with E-state index < -0.39 is 121 Å². The average molecular weight is 1460 g/mol. The Hall–Kier alpha value is -9.64. The van der Waals surface area contributed by atoms with Crippen LogP contribution in [0.15, 0.2) is 155 Å². The van der Waals surface area contributed by atoms with E-state index in [1.165, 1.54) is 13.8 Å². The van der Waals surface area contributed by atoms with Crippen molar-refractivity contribution < 1.29 is 73.3 Å². The number of ketones is 1. The number of aromatic amines is 1. The molecule has 0 saturated heterocycles.